The Bertz CT molecular complexity index is 700. The summed E-state index contributed by atoms with van der Waals surface area (Å²) in [6.07, 6.45) is 0.964. The summed E-state index contributed by atoms with van der Waals surface area (Å²) in [6, 6.07) is 17.1. The largest absolute Gasteiger partial charge is 0.493 e. The van der Waals surface area contributed by atoms with Crippen molar-refractivity contribution in [2.75, 3.05) is 39.3 Å². The van der Waals surface area contributed by atoms with Gasteiger partial charge in [-0.05, 0) is 6.07 Å². The SMILES string of the molecule is O=[N+]([O-])c1cccc(OCCC[NH+]2CC[NH+](Cc3ccccc3)CC2)c1. The van der Waals surface area contributed by atoms with Crippen LogP contribution in [0.3, 0.4) is 0 Å². The van der Waals surface area contributed by atoms with E-state index in [1.807, 2.05) is 0 Å². The average Bonchev–Trinajstić information content (AvgIpc) is 2.67. The van der Waals surface area contributed by atoms with Crippen LogP contribution in [0.5, 0.6) is 5.75 Å². The average molecular weight is 357 g/mol. The van der Waals surface area contributed by atoms with E-state index in [1.165, 1.54) is 43.9 Å². The van der Waals surface area contributed by atoms with Crippen LogP contribution in [0.25, 0.3) is 0 Å². The van der Waals surface area contributed by atoms with Gasteiger partial charge in [0.1, 0.15) is 38.5 Å². The summed E-state index contributed by atoms with van der Waals surface area (Å²) in [5.74, 6) is 0.575. The molecule has 0 spiro atoms. The van der Waals surface area contributed by atoms with E-state index in [0.29, 0.717) is 12.4 Å². The van der Waals surface area contributed by atoms with Gasteiger partial charge in [-0.3, -0.25) is 10.1 Å². The van der Waals surface area contributed by atoms with E-state index in [-0.39, 0.29) is 5.69 Å². The van der Waals surface area contributed by atoms with E-state index < -0.39 is 4.92 Å². The van der Waals surface area contributed by atoms with Crippen LogP contribution in [-0.4, -0.2) is 44.3 Å². The van der Waals surface area contributed by atoms with Crippen LogP contribution in [0.2, 0.25) is 0 Å². The van der Waals surface area contributed by atoms with Crippen molar-refractivity contribution in [2.24, 2.45) is 0 Å². The Morgan fingerprint density at radius 3 is 2.42 bits per heavy atom. The number of nitro benzene ring substituents is 1. The molecule has 0 amide bonds. The Kier molecular flexibility index (Phi) is 6.57. The minimum absolute atomic E-state index is 0.0747. The molecule has 3 rings (SSSR count). The number of rotatable bonds is 8. The highest BCUT2D eigenvalue weighted by Crippen LogP contribution is 2.18. The number of piperazine rings is 1. The van der Waals surface area contributed by atoms with Gasteiger partial charge < -0.3 is 14.5 Å². The molecule has 0 aliphatic carbocycles. The fraction of sp³-hybridized carbons (Fsp3) is 0.400. The van der Waals surface area contributed by atoms with Crippen molar-refractivity contribution in [3.8, 4) is 5.75 Å². The van der Waals surface area contributed by atoms with Gasteiger partial charge in [0, 0.05) is 18.1 Å². The first-order valence-corrected chi connectivity index (χ1v) is 9.29. The maximum absolute atomic E-state index is 10.8. The molecule has 0 radical (unpaired) electrons. The normalized spacial score (nSPS) is 19.8. The number of quaternary nitrogens is 2. The smallest absolute Gasteiger partial charge is 0.273 e. The zero-order valence-corrected chi connectivity index (χ0v) is 15.0. The first-order chi connectivity index (χ1) is 12.7. The van der Waals surface area contributed by atoms with Gasteiger partial charge >= 0.3 is 0 Å². The number of benzene rings is 2. The molecular formula is C20H27N3O3+2. The van der Waals surface area contributed by atoms with Crippen LogP contribution in [-0.2, 0) is 6.54 Å². The molecule has 0 bridgehead atoms. The van der Waals surface area contributed by atoms with Crippen molar-refractivity contribution >= 4 is 5.69 Å². The topological polar surface area (TPSA) is 61.2 Å². The highest BCUT2D eigenvalue weighted by molar-refractivity contribution is 5.37. The summed E-state index contributed by atoms with van der Waals surface area (Å²) in [6.45, 7) is 7.60. The molecule has 26 heavy (non-hydrogen) atoms. The van der Waals surface area contributed by atoms with Crippen molar-refractivity contribution in [1.29, 1.82) is 0 Å². The number of hydrogen-bond donors (Lipinski definition) is 2. The molecule has 0 saturated carbocycles. The summed E-state index contributed by atoms with van der Waals surface area (Å²) in [7, 11) is 0. The van der Waals surface area contributed by atoms with Crippen molar-refractivity contribution in [2.45, 2.75) is 13.0 Å². The maximum atomic E-state index is 10.8. The molecule has 2 aromatic rings. The van der Waals surface area contributed by atoms with Crippen LogP contribution in [0, 0.1) is 10.1 Å². The second kappa shape index (κ2) is 9.31. The van der Waals surface area contributed by atoms with Gasteiger partial charge in [0.2, 0.25) is 0 Å². The summed E-state index contributed by atoms with van der Waals surface area (Å²) in [4.78, 5) is 13.7. The number of ether oxygens (including phenoxy) is 1. The first-order valence-electron chi connectivity index (χ1n) is 9.29. The molecule has 0 aromatic heterocycles. The van der Waals surface area contributed by atoms with Gasteiger partial charge in [0.25, 0.3) is 5.69 Å². The molecule has 6 heteroatoms. The summed E-state index contributed by atoms with van der Waals surface area (Å²) in [5, 5.41) is 10.8. The molecule has 1 fully saturated rings. The van der Waals surface area contributed by atoms with Crippen molar-refractivity contribution < 1.29 is 19.5 Å². The Balaban J connectivity index is 1.33. The van der Waals surface area contributed by atoms with Gasteiger partial charge in [-0.25, -0.2) is 0 Å². The molecule has 0 unspecified atom stereocenters. The Morgan fingerprint density at radius 1 is 0.962 bits per heavy atom. The van der Waals surface area contributed by atoms with Crippen LogP contribution in [0.1, 0.15) is 12.0 Å². The molecule has 2 N–H and O–H groups in total. The van der Waals surface area contributed by atoms with Crippen LogP contribution >= 0.6 is 0 Å². The lowest BCUT2D eigenvalue weighted by molar-refractivity contribution is -1.02. The van der Waals surface area contributed by atoms with Crippen LogP contribution < -0.4 is 14.5 Å². The third-order valence-corrected chi connectivity index (χ3v) is 4.93. The predicted molar refractivity (Wildman–Crippen MR) is 99.6 cm³/mol. The minimum Gasteiger partial charge on any atom is -0.493 e. The lowest BCUT2D eigenvalue weighted by atomic mass is 10.2. The van der Waals surface area contributed by atoms with Crippen LogP contribution in [0.4, 0.5) is 5.69 Å². The van der Waals surface area contributed by atoms with E-state index >= 15 is 0 Å². The van der Waals surface area contributed by atoms with E-state index in [0.717, 1.165) is 19.5 Å². The summed E-state index contributed by atoms with van der Waals surface area (Å²) < 4.78 is 5.67. The quantitative estimate of drug-likeness (QED) is 0.407. The number of hydrogen-bond acceptors (Lipinski definition) is 3. The molecule has 1 aliphatic heterocycles. The Morgan fingerprint density at radius 2 is 1.69 bits per heavy atom. The van der Waals surface area contributed by atoms with Gasteiger partial charge in [0.05, 0.1) is 24.1 Å². The fourth-order valence-corrected chi connectivity index (χ4v) is 3.47. The second-order valence-electron chi connectivity index (χ2n) is 6.87. The van der Waals surface area contributed by atoms with Crippen molar-refractivity contribution in [3.63, 3.8) is 0 Å². The molecule has 1 aliphatic rings. The van der Waals surface area contributed by atoms with E-state index in [2.05, 4.69) is 30.3 Å². The molecule has 6 nitrogen and oxygen atoms in total. The third-order valence-electron chi connectivity index (χ3n) is 4.93. The Hall–Kier alpha value is -2.44. The van der Waals surface area contributed by atoms with Gasteiger partial charge in [-0.1, -0.05) is 36.4 Å². The fourth-order valence-electron chi connectivity index (χ4n) is 3.47. The monoisotopic (exact) mass is 357 g/mol. The number of nitro groups is 1. The number of non-ortho nitro benzene ring substituents is 1. The van der Waals surface area contributed by atoms with Gasteiger partial charge in [0.15, 0.2) is 0 Å². The highest BCUT2D eigenvalue weighted by Gasteiger charge is 2.22. The molecule has 1 saturated heterocycles. The first kappa shape index (κ1) is 18.4. The molecule has 1 heterocycles. The molecule has 0 atom stereocenters. The standard InChI is InChI=1S/C20H25N3O3/c24-23(25)19-8-4-9-20(16-19)26-15-5-10-21-11-13-22(14-12-21)17-18-6-2-1-3-7-18/h1-4,6-9,16H,5,10-15,17H2/p+2. The summed E-state index contributed by atoms with van der Waals surface area (Å²) in [5.41, 5.74) is 1.49. The molecule has 2 aromatic carbocycles. The predicted octanol–water partition coefficient (Wildman–Crippen LogP) is 0.347. The van der Waals surface area contributed by atoms with Crippen LogP contribution in [0.15, 0.2) is 54.6 Å². The van der Waals surface area contributed by atoms with Crippen molar-refractivity contribution in [1.82, 2.24) is 0 Å². The lowest BCUT2D eigenvalue weighted by Crippen LogP contribution is -3.27. The molecular weight excluding hydrogens is 330 g/mol. The van der Waals surface area contributed by atoms with Gasteiger partial charge in [-0.15, -0.1) is 0 Å². The Labute approximate surface area is 154 Å². The van der Waals surface area contributed by atoms with E-state index in [9.17, 15) is 10.1 Å². The number of nitrogens with zero attached hydrogens (tertiary/aromatic N) is 1. The number of nitrogens with one attached hydrogen (secondary N) is 2. The minimum atomic E-state index is -0.395. The van der Waals surface area contributed by atoms with Crippen molar-refractivity contribution in [3.05, 3.63) is 70.3 Å². The second-order valence-corrected chi connectivity index (χ2v) is 6.87. The zero-order valence-electron chi connectivity index (χ0n) is 15.0. The maximum Gasteiger partial charge on any atom is 0.273 e. The molecule has 138 valence electrons. The van der Waals surface area contributed by atoms with E-state index in [4.69, 9.17) is 4.74 Å². The zero-order chi connectivity index (χ0) is 18.2. The van der Waals surface area contributed by atoms with Gasteiger partial charge in [-0.2, -0.15) is 0 Å². The third kappa shape index (κ3) is 5.54. The van der Waals surface area contributed by atoms with E-state index in [1.54, 1.807) is 21.9 Å². The summed E-state index contributed by atoms with van der Waals surface area (Å²) >= 11 is 0. The highest BCUT2D eigenvalue weighted by atomic mass is 16.6. The lowest BCUT2D eigenvalue weighted by Gasteiger charge is -2.29.